The molecule has 0 aliphatic rings. The molecular formula is C22H33IN4O3. The van der Waals surface area contributed by atoms with E-state index in [0.29, 0.717) is 38.8 Å². The van der Waals surface area contributed by atoms with E-state index in [1.54, 1.807) is 7.11 Å². The fourth-order valence-electron chi connectivity index (χ4n) is 2.63. The van der Waals surface area contributed by atoms with Crippen molar-refractivity contribution < 1.29 is 14.2 Å². The summed E-state index contributed by atoms with van der Waals surface area (Å²) in [6.45, 7) is 9.67. The molecule has 0 saturated heterocycles. The van der Waals surface area contributed by atoms with Crippen LogP contribution in [0.3, 0.4) is 0 Å². The minimum absolute atomic E-state index is 0. The molecular weight excluding hydrogens is 495 g/mol. The first-order valence-corrected chi connectivity index (χ1v) is 9.98. The normalized spacial score (nSPS) is 10.9. The number of benzene rings is 1. The predicted octanol–water partition coefficient (Wildman–Crippen LogP) is 3.69. The SMILES string of the molecule is CCNC(=NCc1ccc(C)cc1OCCOCC)NCc1cccc(OC)n1.I. The Balaban J connectivity index is 0.00000450. The summed E-state index contributed by atoms with van der Waals surface area (Å²) in [7, 11) is 1.61. The van der Waals surface area contributed by atoms with Crippen LogP contribution in [0.5, 0.6) is 11.6 Å². The van der Waals surface area contributed by atoms with Crippen molar-refractivity contribution in [2.45, 2.75) is 33.9 Å². The van der Waals surface area contributed by atoms with Gasteiger partial charge >= 0.3 is 0 Å². The lowest BCUT2D eigenvalue weighted by Crippen LogP contribution is -2.37. The van der Waals surface area contributed by atoms with Gasteiger partial charge in [0.1, 0.15) is 12.4 Å². The zero-order chi connectivity index (χ0) is 20.9. The van der Waals surface area contributed by atoms with E-state index in [0.717, 1.165) is 35.1 Å². The van der Waals surface area contributed by atoms with Crippen LogP contribution in [0, 0.1) is 6.92 Å². The molecule has 2 aromatic rings. The van der Waals surface area contributed by atoms with Gasteiger partial charge in [0.15, 0.2) is 5.96 Å². The van der Waals surface area contributed by atoms with Crippen molar-refractivity contribution in [3.63, 3.8) is 0 Å². The molecule has 1 heterocycles. The Bertz CT molecular complexity index is 787. The number of aryl methyl sites for hydroxylation is 1. The van der Waals surface area contributed by atoms with E-state index < -0.39 is 0 Å². The average molecular weight is 528 g/mol. The number of hydrogen-bond acceptors (Lipinski definition) is 5. The van der Waals surface area contributed by atoms with Crippen molar-refractivity contribution >= 4 is 29.9 Å². The standard InChI is InChI=1S/C22H32N4O3.HI/c1-5-23-22(25-16-19-8-7-9-21(26-19)27-4)24-15-18-11-10-17(3)14-20(18)29-13-12-28-6-2;/h7-11,14H,5-6,12-13,15-16H2,1-4H3,(H2,23,24,25);1H. The highest BCUT2D eigenvalue weighted by molar-refractivity contribution is 14.0. The molecule has 1 aromatic carbocycles. The molecule has 0 amide bonds. The van der Waals surface area contributed by atoms with E-state index in [4.69, 9.17) is 19.2 Å². The summed E-state index contributed by atoms with van der Waals surface area (Å²) >= 11 is 0. The van der Waals surface area contributed by atoms with Gasteiger partial charge in [0.25, 0.3) is 0 Å². The number of nitrogens with zero attached hydrogens (tertiary/aromatic N) is 2. The van der Waals surface area contributed by atoms with E-state index >= 15 is 0 Å². The molecule has 0 spiro atoms. The van der Waals surface area contributed by atoms with Crippen LogP contribution in [0.15, 0.2) is 41.4 Å². The van der Waals surface area contributed by atoms with Crippen LogP contribution in [-0.2, 0) is 17.8 Å². The second-order valence-electron chi connectivity index (χ2n) is 6.38. The summed E-state index contributed by atoms with van der Waals surface area (Å²) in [6, 6.07) is 11.9. The number of guanidine groups is 1. The third-order valence-electron chi connectivity index (χ3n) is 4.09. The highest BCUT2D eigenvalue weighted by Gasteiger charge is 2.06. The highest BCUT2D eigenvalue weighted by Crippen LogP contribution is 2.21. The predicted molar refractivity (Wildman–Crippen MR) is 131 cm³/mol. The number of pyridine rings is 1. The number of nitrogens with one attached hydrogen (secondary N) is 2. The van der Waals surface area contributed by atoms with Crippen molar-refractivity contribution in [3.05, 3.63) is 53.2 Å². The summed E-state index contributed by atoms with van der Waals surface area (Å²) in [5.74, 6) is 2.16. The Morgan fingerprint density at radius 3 is 2.67 bits per heavy atom. The van der Waals surface area contributed by atoms with Crippen LogP contribution in [0.4, 0.5) is 0 Å². The van der Waals surface area contributed by atoms with Crippen molar-refractivity contribution in [1.82, 2.24) is 15.6 Å². The first-order valence-electron chi connectivity index (χ1n) is 9.98. The molecule has 0 radical (unpaired) electrons. The molecule has 0 unspecified atom stereocenters. The molecule has 2 rings (SSSR count). The third-order valence-corrected chi connectivity index (χ3v) is 4.09. The maximum absolute atomic E-state index is 5.91. The van der Waals surface area contributed by atoms with Crippen LogP contribution in [0.1, 0.15) is 30.7 Å². The lowest BCUT2D eigenvalue weighted by molar-refractivity contribution is 0.110. The molecule has 1 aromatic heterocycles. The van der Waals surface area contributed by atoms with Crippen molar-refractivity contribution in [3.8, 4) is 11.6 Å². The number of aliphatic imine (C=N–C) groups is 1. The molecule has 0 fully saturated rings. The lowest BCUT2D eigenvalue weighted by Gasteiger charge is -2.14. The number of rotatable bonds is 11. The fraction of sp³-hybridized carbons (Fsp3) is 0.455. The molecule has 166 valence electrons. The van der Waals surface area contributed by atoms with Gasteiger partial charge in [-0.1, -0.05) is 18.2 Å². The van der Waals surface area contributed by atoms with E-state index in [1.165, 1.54) is 0 Å². The molecule has 7 nitrogen and oxygen atoms in total. The molecule has 0 aliphatic heterocycles. The van der Waals surface area contributed by atoms with Gasteiger partial charge in [-0.05, 0) is 38.5 Å². The van der Waals surface area contributed by atoms with Gasteiger partial charge in [-0.25, -0.2) is 9.98 Å². The Labute approximate surface area is 196 Å². The van der Waals surface area contributed by atoms with E-state index in [1.807, 2.05) is 38.1 Å². The Morgan fingerprint density at radius 1 is 1.10 bits per heavy atom. The van der Waals surface area contributed by atoms with Crippen molar-refractivity contribution in [2.24, 2.45) is 4.99 Å². The number of hydrogen-bond donors (Lipinski definition) is 2. The largest absolute Gasteiger partial charge is 0.491 e. The molecule has 0 aliphatic carbocycles. The maximum Gasteiger partial charge on any atom is 0.213 e. The summed E-state index contributed by atoms with van der Waals surface area (Å²) in [5, 5.41) is 6.57. The van der Waals surface area contributed by atoms with E-state index in [9.17, 15) is 0 Å². The van der Waals surface area contributed by atoms with Crippen LogP contribution < -0.4 is 20.1 Å². The molecule has 0 saturated carbocycles. The van der Waals surface area contributed by atoms with Gasteiger partial charge in [-0.3, -0.25) is 0 Å². The van der Waals surface area contributed by atoms with Crippen LogP contribution in [0.2, 0.25) is 0 Å². The quantitative estimate of drug-likeness (QED) is 0.201. The van der Waals surface area contributed by atoms with Crippen LogP contribution in [0.25, 0.3) is 0 Å². The van der Waals surface area contributed by atoms with Gasteiger partial charge < -0.3 is 24.8 Å². The smallest absolute Gasteiger partial charge is 0.213 e. The molecule has 30 heavy (non-hydrogen) atoms. The third kappa shape index (κ3) is 9.17. The second kappa shape index (κ2) is 14.8. The van der Waals surface area contributed by atoms with Gasteiger partial charge in [-0.2, -0.15) is 0 Å². The second-order valence-corrected chi connectivity index (χ2v) is 6.38. The highest BCUT2D eigenvalue weighted by atomic mass is 127. The average Bonchev–Trinajstić information content (AvgIpc) is 2.74. The lowest BCUT2D eigenvalue weighted by atomic mass is 10.1. The summed E-state index contributed by atoms with van der Waals surface area (Å²) in [4.78, 5) is 9.12. The Kier molecular flexibility index (Phi) is 12.8. The minimum Gasteiger partial charge on any atom is -0.491 e. The van der Waals surface area contributed by atoms with Crippen LogP contribution in [-0.4, -0.2) is 44.4 Å². The zero-order valence-corrected chi connectivity index (χ0v) is 20.6. The van der Waals surface area contributed by atoms with Gasteiger partial charge in [0.05, 0.1) is 32.5 Å². The minimum atomic E-state index is 0. The van der Waals surface area contributed by atoms with Crippen LogP contribution >= 0.6 is 24.0 Å². The zero-order valence-electron chi connectivity index (χ0n) is 18.2. The monoisotopic (exact) mass is 528 g/mol. The van der Waals surface area contributed by atoms with Crippen molar-refractivity contribution in [1.29, 1.82) is 0 Å². The molecule has 0 bridgehead atoms. The number of ether oxygens (including phenoxy) is 3. The first kappa shape index (κ1) is 26.0. The summed E-state index contributed by atoms with van der Waals surface area (Å²) < 4.78 is 16.4. The first-order chi connectivity index (χ1) is 14.2. The van der Waals surface area contributed by atoms with E-state index in [-0.39, 0.29) is 24.0 Å². The van der Waals surface area contributed by atoms with Crippen molar-refractivity contribution in [2.75, 3.05) is 33.5 Å². The van der Waals surface area contributed by atoms with E-state index in [2.05, 4.69) is 34.7 Å². The molecule has 2 N–H and O–H groups in total. The Hall–Kier alpha value is -2.07. The number of aromatic nitrogens is 1. The van der Waals surface area contributed by atoms with Gasteiger partial charge in [-0.15, -0.1) is 24.0 Å². The summed E-state index contributed by atoms with van der Waals surface area (Å²) in [6.07, 6.45) is 0. The summed E-state index contributed by atoms with van der Waals surface area (Å²) in [5.41, 5.74) is 3.06. The number of methoxy groups -OCH3 is 1. The fourth-order valence-corrected chi connectivity index (χ4v) is 2.63. The topological polar surface area (TPSA) is 77.0 Å². The van der Waals surface area contributed by atoms with Gasteiger partial charge in [0.2, 0.25) is 5.88 Å². The number of halogens is 1. The Morgan fingerprint density at radius 2 is 1.93 bits per heavy atom. The molecule has 0 atom stereocenters. The molecule has 8 heteroatoms. The van der Waals surface area contributed by atoms with Gasteiger partial charge in [0, 0.05) is 24.8 Å². The maximum atomic E-state index is 5.91.